The highest BCUT2D eigenvalue weighted by Gasteiger charge is 2.03. The molecular weight excluding hydrogens is 154 g/mol. The molecule has 0 fully saturated rings. The van der Waals surface area contributed by atoms with Crippen LogP contribution in [0.2, 0.25) is 0 Å². The lowest BCUT2D eigenvalue weighted by molar-refractivity contribution is 0.879. The lowest BCUT2D eigenvalue weighted by Gasteiger charge is -1.97. The molecule has 5 heteroatoms. The van der Waals surface area contributed by atoms with Crippen LogP contribution < -0.4 is 5.73 Å². The van der Waals surface area contributed by atoms with Crippen LogP contribution in [0.5, 0.6) is 0 Å². The number of anilines is 1. The molecule has 0 aliphatic heterocycles. The van der Waals surface area contributed by atoms with E-state index in [0.29, 0.717) is 17.4 Å². The monoisotopic (exact) mass is 163 g/mol. The Hall–Kier alpha value is -1.65. The molecule has 0 spiro atoms. The van der Waals surface area contributed by atoms with Crippen LogP contribution >= 0.6 is 0 Å². The number of rotatable bonds is 0. The van der Waals surface area contributed by atoms with Crippen molar-refractivity contribution in [1.29, 1.82) is 0 Å². The minimum atomic E-state index is 0.479. The maximum Gasteiger partial charge on any atom is 0.254 e. The molecule has 0 aliphatic carbocycles. The Morgan fingerprint density at radius 3 is 2.83 bits per heavy atom. The van der Waals surface area contributed by atoms with E-state index in [1.807, 2.05) is 13.8 Å². The Morgan fingerprint density at radius 2 is 2.08 bits per heavy atom. The van der Waals surface area contributed by atoms with Gasteiger partial charge in [0.05, 0.1) is 0 Å². The third-order valence-electron chi connectivity index (χ3n) is 1.62. The van der Waals surface area contributed by atoms with Crippen molar-refractivity contribution in [2.75, 3.05) is 5.73 Å². The van der Waals surface area contributed by atoms with Gasteiger partial charge in [0, 0.05) is 11.8 Å². The van der Waals surface area contributed by atoms with Crippen molar-refractivity contribution in [3.05, 3.63) is 17.6 Å². The molecule has 2 N–H and O–H groups in total. The van der Waals surface area contributed by atoms with Crippen molar-refractivity contribution in [2.45, 2.75) is 13.8 Å². The molecule has 0 saturated heterocycles. The molecule has 0 amide bonds. The number of aromatic nitrogens is 4. The van der Waals surface area contributed by atoms with E-state index in [4.69, 9.17) is 5.73 Å². The molecule has 2 heterocycles. The molecule has 2 aromatic rings. The molecular formula is C7H9N5. The summed E-state index contributed by atoms with van der Waals surface area (Å²) in [7, 11) is 0. The number of nitrogens with two attached hydrogens (primary N) is 1. The summed E-state index contributed by atoms with van der Waals surface area (Å²) >= 11 is 0. The number of hydrogen-bond donors (Lipinski definition) is 1. The maximum absolute atomic E-state index is 5.54. The average molecular weight is 163 g/mol. The van der Waals surface area contributed by atoms with Crippen molar-refractivity contribution in [3.63, 3.8) is 0 Å². The molecule has 0 unspecified atom stereocenters. The zero-order valence-corrected chi connectivity index (χ0v) is 6.94. The molecule has 2 rings (SSSR count). The van der Waals surface area contributed by atoms with Gasteiger partial charge >= 0.3 is 0 Å². The van der Waals surface area contributed by atoms with Gasteiger partial charge in [-0.2, -0.15) is 15.1 Å². The molecule has 62 valence electrons. The fraction of sp³-hybridized carbons (Fsp3) is 0.286. The van der Waals surface area contributed by atoms with Gasteiger partial charge in [0.15, 0.2) is 0 Å². The minimum absolute atomic E-state index is 0.479. The van der Waals surface area contributed by atoms with E-state index in [2.05, 4.69) is 15.1 Å². The van der Waals surface area contributed by atoms with Crippen LogP contribution in [-0.4, -0.2) is 19.6 Å². The summed E-state index contributed by atoms with van der Waals surface area (Å²) < 4.78 is 1.67. The average Bonchev–Trinajstić information content (AvgIpc) is 2.29. The first kappa shape index (κ1) is 7.02. The topological polar surface area (TPSA) is 69.1 Å². The van der Waals surface area contributed by atoms with E-state index in [1.165, 1.54) is 0 Å². The zero-order chi connectivity index (χ0) is 8.72. The van der Waals surface area contributed by atoms with Gasteiger partial charge in [-0.1, -0.05) is 0 Å². The first-order valence-electron chi connectivity index (χ1n) is 3.63. The van der Waals surface area contributed by atoms with E-state index in [9.17, 15) is 0 Å². The minimum Gasteiger partial charge on any atom is -0.384 e. The van der Waals surface area contributed by atoms with E-state index in [-0.39, 0.29) is 0 Å². The number of fused-ring (bicyclic) bond motifs is 1. The molecule has 0 atom stereocenters. The second-order valence-corrected chi connectivity index (χ2v) is 2.69. The van der Waals surface area contributed by atoms with E-state index >= 15 is 0 Å². The van der Waals surface area contributed by atoms with Gasteiger partial charge in [0.1, 0.15) is 11.6 Å². The van der Waals surface area contributed by atoms with Gasteiger partial charge in [-0.15, -0.1) is 0 Å². The SMILES string of the molecule is Cc1nc2nc(N)cc(C)n2n1. The lowest BCUT2D eigenvalue weighted by atomic mass is 10.4. The third-order valence-corrected chi connectivity index (χ3v) is 1.62. The van der Waals surface area contributed by atoms with Crippen LogP contribution in [0.1, 0.15) is 11.5 Å². The highest BCUT2D eigenvalue weighted by molar-refractivity contribution is 5.40. The molecule has 0 saturated carbocycles. The van der Waals surface area contributed by atoms with Gasteiger partial charge in [-0.3, -0.25) is 0 Å². The van der Waals surface area contributed by atoms with Gasteiger partial charge in [0.25, 0.3) is 5.78 Å². The van der Waals surface area contributed by atoms with E-state index in [1.54, 1.807) is 10.6 Å². The Kier molecular flexibility index (Phi) is 1.27. The summed E-state index contributed by atoms with van der Waals surface area (Å²) in [6.07, 6.45) is 0. The number of nitrogens with zero attached hydrogens (tertiary/aromatic N) is 4. The molecule has 0 aromatic carbocycles. The molecule has 12 heavy (non-hydrogen) atoms. The second kappa shape index (κ2) is 2.17. The molecule has 0 aliphatic rings. The number of nitrogen functional groups attached to an aromatic ring is 1. The van der Waals surface area contributed by atoms with Gasteiger partial charge in [0.2, 0.25) is 0 Å². The van der Waals surface area contributed by atoms with Gasteiger partial charge in [-0.25, -0.2) is 4.52 Å². The predicted molar refractivity (Wildman–Crippen MR) is 44.7 cm³/mol. The summed E-state index contributed by atoms with van der Waals surface area (Å²) in [5, 5.41) is 4.14. The Labute approximate surface area is 69.2 Å². The standard InChI is InChI=1S/C7H9N5/c1-4-3-6(8)10-7-9-5(2)11-12(4)7/h3H,1-2H3,(H2,8,9,10,11). The molecule has 5 nitrogen and oxygen atoms in total. The van der Waals surface area contributed by atoms with Gasteiger partial charge in [-0.05, 0) is 13.8 Å². The fourth-order valence-corrected chi connectivity index (χ4v) is 1.14. The summed E-state index contributed by atoms with van der Waals surface area (Å²) in [5.41, 5.74) is 6.48. The van der Waals surface area contributed by atoms with Crippen molar-refractivity contribution in [3.8, 4) is 0 Å². The number of hydrogen-bond acceptors (Lipinski definition) is 4. The lowest BCUT2D eigenvalue weighted by Crippen LogP contribution is -1.99. The number of aryl methyl sites for hydroxylation is 2. The van der Waals surface area contributed by atoms with E-state index in [0.717, 1.165) is 5.69 Å². The molecule has 0 bridgehead atoms. The largest absolute Gasteiger partial charge is 0.384 e. The summed E-state index contributed by atoms with van der Waals surface area (Å²) in [6, 6.07) is 1.76. The van der Waals surface area contributed by atoms with Crippen LogP contribution in [0.25, 0.3) is 5.78 Å². The first-order valence-corrected chi connectivity index (χ1v) is 3.63. The van der Waals surface area contributed by atoms with Gasteiger partial charge < -0.3 is 5.73 Å². The van der Waals surface area contributed by atoms with Crippen molar-refractivity contribution >= 4 is 11.6 Å². The summed E-state index contributed by atoms with van der Waals surface area (Å²) in [5.74, 6) is 1.74. The summed E-state index contributed by atoms with van der Waals surface area (Å²) in [4.78, 5) is 8.12. The normalized spacial score (nSPS) is 10.8. The van der Waals surface area contributed by atoms with Crippen molar-refractivity contribution in [1.82, 2.24) is 19.6 Å². The highest BCUT2D eigenvalue weighted by atomic mass is 15.3. The quantitative estimate of drug-likeness (QED) is 0.607. The van der Waals surface area contributed by atoms with Crippen molar-refractivity contribution < 1.29 is 0 Å². The fourth-order valence-electron chi connectivity index (χ4n) is 1.14. The van der Waals surface area contributed by atoms with Crippen LogP contribution in [0, 0.1) is 13.8 Å². The van der Waals surface area contributed by atoms with Crippen LogP contribution in [0.15, 0.2) is 6.07 Å². The Balaban J connectivity index is 2.88. The van der Waals surface area contributed by atoms with Crippen LogP contribution in [0.3, 0.4) is 0 Å². The maximum atomic E-state index is 5.54. The van der Waals surface area contributed by atoms with Crippen LogP contribution in [0.4, 0.5) is 5.82 Å². The van der Waals surface area contributed by atoms with E-state index < -0.39 is 0 Å². The Bertz CT molecular complexity index is 431. The smallest absolute Gasteiger partial charge is 0.254 e. The summed E-state index contributed by atoms with van der Waals surface area (Å²) in [6.45, 7) is 3.74. The first-order chi connectivity index (χ1) is 5.66. The third kappa shape index (κ3) is 0.903. The zero-order valence-electron chi connectivity index (χ0n) is 6.94. The van der Waals surface area contributed by atoms with Crippen molar-refractivity contribution in [2.24, 2.45) is 0 Å². The predicted octanol–water partition coefficient (Wildman–Crippen LogP) is 0.323. The highest BCUT2D eigenvalue weighted by Crippen LogP contribution is 2.05. The molecule has 2 aromatic heterocycles. The second-order valence-electron chi connectivity index (χ2n) is 2.69. The van der Waals surface area contributed by atoms with Crippen LogP contribution in [-0.2, 0) is 0 Å². The molecule has 0 radical (unpaired) electrons. The Morgan fingerprint density at radius 1 is 1.33 bits per heavy atom.